The zero-order valence-corrected chi connectivity index (χ0v) is 13.9. The minimum atomic E-state index is -3.53. The van der Waals surface area contributed by atoms with E-state index in [4.69, 9.17) is 0 Å². The molecule has 0 aliphatic carbocycles. The molecule has 0 radical (unpaired) electrons. The SMILES string of the molecule is CCC(CCC(=O)N(C)C)NS(=O)(=O)c1ccc(C)cc1. The fourth-order valence-corrected chi connectivity index (χ4v) is 3.23. The molecule has 6 heteroatoms. The quantitative estimate of drug-likeness (QED) is 0.836. The van der Waals surface area contributed by atoms with Crippen molar-refractivity contribution in [1.82, 2.24) is 9.62 Å². The largest absolute Gasteiger partial charge is 0.349 e. The van der Waals surface area contributed by atoms with E-state index in [0.29, 0.717) is 19.3 Å². The van der Waals surface area contributed by atoms with Gasteiger partial charge in [0.25, 0.3) is 0 Å². The lowest BCUT2D eigenvalue weighted by Gasteiger charge is -2.18. The third-order valence-electron chi connectivity index (χ3n) is 3.35. The Hall–Kier alpha value is -1.40. The summed E-state index contributed by atoms with van der Waals surface area (Å²) in [5, 5.41) is 0. The zero-order chi connectivity index (χ0) is 16.0. The first-order chi connectivity index (χ1) is 9.76. The van der Waals surface area contributed by atoms with Crippen LogP contribution >= 0.6 is 0 Å². The lowest BCUT2D eigenvalue weighted by atomic mass is 10.1. The van der Waals surface area contributed by atoms with Crippen LogP contribution in [-0.4, -0.2) is 39.4 Å². The highest BCUT2D eigenvalue weighted by Crippen LogP contribution is 2.13. The van der Waals surface area contributed by atoms with Gasteiger partial charge in [0.1, 0.15) is 0 Å². The molecule has 0 aliphatic heterocycles. The van der Waals surface area contributed by atoms with Gasteiger partial charge < -0.3 is 4.90 Å². The van der Waals surface area contributed by atoms with Crippen LogP contribution in [-0.2, 0) is 14.8 Å². The van der Waals surface area contributed by atoms with E-state index in [-0.39, 0.29) is 16.8 Å². The maximum atomic E-state index is 12.3. The summed E-state index contributed by atoms with van der Waals surface area (Å²) in [7, 11) is -0.143. The monoisotopic (exact) mass is 312 g/mol. The fraction of sp³-hybridized carbons (Fsp3) is 0.533. The second-order valence-electron chi connectivity index (χ2n) is 5.37. The van der Waals surface area contributed by atoms with Gasteiger partial charge in [0, 0.05) is 26.6 Å². The van der Waals surface area contributed by atoms with Crippen LogP contribution < -0.4 is 4.72 Å². The van der Waals surface area contributed by atoms with E-state index in [2.05, 4.69) is 4.72 Å². The average molecular weight is 312 g/mol. The fourth-order valence-electron chi connectivity index (χ4n) is 1.87. The van der Waals surface area contributed by atoms with Gasteiger partial charge in [-0.2, -0.15) is 0 Å². The number of sulfonamides is 1. The molecule has 0 spiro atoms. The number of amides is 1. The normalized spacial score (nSPS) is 13.0. The smallest absolute Gasteiger partial charge is 0.240 e. The Labute approximate surface area is 127 Å². The molecule has 21 heavy (non-hydrogen) atoms. The van der Waals surface area contributed by atoms with E-state index < -0.39 is 10.0 Å². The van der Waals surface area contributed by atoms with Gasteiger partial charge in [-0.1, -0.05) is 24.6 Å². The summed E-state index contributed by atoms with van der Waals surface area (Å²) < 4.78 is 27.2. The molecule has 0 heterocycles. The highest BCUT2D eigenvalue weighted by Gasteiger charge is 2.19. The molecule has 1 unspecified atom stereocenters. The number of aryl methyl sites for hydroxylation is 1. The molecule has 0 fully saturated rings. The predicted molar refractivity (Wildman–Crippen MR) is 83.5 cm³/mol. The Balaban J connectivity index is 2.71. The average Bonchev–Trinajstić information content (AvgIpc) is 2.43. The van der Waals surface area contributed by atoms with Crippen molar-refractivity contribution in [2.75, 3.05) is 14.1 Å². The second kappa shape index (κ2) is 7.56. The minimum absolute atomic E-state index is 0.00276. The highest BCUT2D eigenvalue weighted by molar-refractivity contribution is 7.89. The molecule has 1 amide bonds. The van der Waals surface area contributed by atoms with Crippen molar-refractivity contribution in [3.05, 3.63) is 29.8 Å². The van der Waals surface area contributed by atoms with E-state index in [9.17, 15) is 13.2 Å². The molecule has 1 aromatic carbocycles. The predicted octanol–water partition coefficient (Wildman–Crippen LogP) is 1.92. The summed E-state index contributed by atoms with van der Waals surface area (Å²) in [5.41, 5.74) is 1.01. The van der Waals surface area contributed by atoms with Crippen LogP contribution in [0.1, 0.15) is 31.7 Å². The molecule has 5 nitrogen and oxygen atoms in total. The lowest BCUT2D eigenvalue weighted by Crippen LogP contribution is -2.35. The van der Waals surface area contributed by atoms with Gasteiger partial charge in [0.2, 0.25) is 15.9 Å². The molecule has 1 rings (SSSR count). The van der Waals surface area contributed by atoms with Crippen LogP contribution in [0, 0.1) is 6.92 Å². The van der Waals surface area contributed by atoms with Crippen molar-refractivity contribution >= 4 is 15.9 Å². The van der Waals surface area contributed by atoms with E-state index in [1.807, 2.05) is 13.8 Å². The summed E-state index contributed by atoms with van der Waals surface area (Å²) in [6, 6.07) is 6.49. The van der Waals surface area contributed by atoms with Crippen molar-refractivity contribution in [3.8, 4) is 0 Å². The topological polar surface area (TPSA) is 66.5 Å². The highest BCUT2D eigenvalue weighted by atomic mass is 32.2. The summed E-state index contributed by atoms with van der Waals surface area (Å²) in [5.74, 6) is 0.00276. The number of nitrogens with zero attached hydrogens (tertiary/aromatic N) is 1. The van der Waals surface area contributed by atoms with Crippen molar-refractivity contribution in [1.29, 1.82) is 0 Å². The number of hydrogen-bond donors (Lipinski definition) is 1. The van der Waals surface area contributed by atoms with Gasteiger partial charge in [-0.15, -0.1) is 0 Å². The first-order valence-electron chi connectivity index (χ1n) is 7.05. The summed E-state index contributed by atoms with van der Waals surface area (Å²) in [6.07, 6.45) is 1.48. The van der Waals surface area contributed by atoms with Gasteiger partial charge in [-0.05, 0) is 31.9 Å². The van der Waals surface area contributed by atoms with Crippen molar-refractivity contribution in [2.24, 2.45) is 0 Å². The molecule has 0 saturated carbocycles. The van der Waals surface area contributed by atoms with E-state index in [0.717, 1.165) is 5.56 Å². The van der Waals surface area contributed by atoms with Crippen LogP contribution in [0.25, 0.3) is 0 Å². The van der Waals surface area contributed by atoms with Crippen LogP contribution in [0.2, 0.25) is 0 Å². The van der Waals surface area contributed by atoms with Gasteiger partial charge in [-0.25, -0.2) is 13.1 Å². The summed E-state index contributed by atoms with van der Waals surface area (Å²) >= 11 is 0. The third-order valence-corrected chi connectivity index (χ3v) is 4.89. The van der Waals surface area contributed by atoms with Gasteiger partial charge in [0.05, 0.1) is 4.90 Å². The zero-order valence-electron chi connectivity index (χ0n) is 13.1. The van der Waals surface area contributed by atoms with Crippen molar-refractivity contribution in [3.63, 3.8) is 0 Å². The molecule has 1 N–H and O–H groups in total. The van der Waals surface area contributed by atoms with Crippen LogP contribution in [0.5, 0.6) is 0 Å². The van der Waals surface area contributed by atoms with Crippen LogP contribution in [0.3, 0.4) is 0 Å². The Morgan fingerprint density at radius 1 is 1.24 bits per heavy atom. The molecule has 0 aliphatic rings. The maximum absolute atomic E-state index is 12.3. The number of carbonyl (C=O) groups is 1. The molecule has 1 atom stereocenters. The molecule has 0 bridgehead atoms. The summed E-state index contributed by atoms with van der Waals surface area (Å²) in [4.78, 5) is 13.4. The lowest BCUT2D eigenvalue weighted by molar-refractivity contribution is -0.128. The van der Waals surface area contributed by atoms with Gasteiger partial charge in [-0.3, -0.25) is 4.79 Å². The van der Waals surface area contributed by atoms with Gasteiger partial charge in [0.15, 0.2) is 0 Å². The number of benzene rings is 1. The molecular weight excluding hydrogens is 288 g/mol. The number of nitrogens with one attached hydrogen (secondary N) is 1. The van der Waals surface area contributed by atoms with Crippen molar-refractivity contribution < 1.29 is 13.2 Å². The van der Waals surface area contributed by atoms with E-state index in [1.165, 1.54) is 4.90 Å². The molecule has 0 aromatic heterocycles. The summed E-state index contributed by atoms with van der Waals surface area (Å²) in [6.45, 7) is 3.81. The number of carbonyl (C=O) groups excluding carboxylic acids is 1. The molecular formula is C15H24N2O3S. The Morgan fingerprint density at radius 2 is 1.81 bits per heavy atom. The molecule has 0 saturated heterocycles. The van der Waals surface area contributed by atoms with Crippen molar-refractivity contribution in [2.45, 2.75) is 44.0 Å². The first-order valence-corrected chi connectivity index (χ1v) is 8.53. The number of rotatable bonds is 7. The second-order valence-corrected chi connectivity index (χ2v) is 7.08. The Morgan fingerprint density at radius 3 is 2.29 bits per heavy atom. The molecule has 118 valence electrons. The molecule has 1 aromatic rings. The van der Waals surface area contributed by atoms with Gasteiger partial charge >= 0.3 is 0 Å². The third kappa shape index (κ3) is 5.47. The van der Waals surface area contributed by atoms with Crippen LogP contribution in [0.15, 0.2) is 29.2 Å². The maximum Gasteiger partial charge on any atom is 0.240 e. The van der Waals surface area contributed by atoms with E-state index >= 15 is 0 Å². The van der Waals surface area contributed by atoms with E-state index in [1.54, 1.807) is 38.4 Å². The Bertz CT molecular complexity index is 565. The standard InChI is InChI=1S/C15H24N2O3S/c1-5-13(8-11-15(18)17(3)4)16-21(19,20)14-9-6-12(2)7-10-14/h6-7,9-10,13,16H,5,8,11H2,1-4H3. The van der Waals surface area contributed by atoms with Crippen LogP contribution in [0.4, 0.5) is 0 Å². The Kier molecular flexibility index (Phi) is 6.36. The first kappa shape index (κ1) is 17.7. The number of hydrogen-bond acceptors (Lipinski definition) is 3. The minimum Gasteiger partial charge on any atom is -0.349 e.